The molecule has 0 spiro atoms. The summed E-state index contributed by atoms with van der Waals surface area (Å²) < 4.78 is 27.8. The summed E-state index contributed by atoms with van der Waals surface area (Å²) in [5, 5.41) is 2.95. The zero-order valence-electron chi connectivity index (χ0n) is 17.3. The summed E-state index contributed by atoms with van der Waals surface area (Å²) in [6.07, 6.45) is 0. The predicted molar refractivity (Wildman–Crippen MR) is 120 cm³/mol. The van der Waals surface area contributed by atoms with Crippen LogP contribution >= 0.6 is 0 Å². The Bertz CT molecular complexity index is 1120. The molecule has 0 unspecified atom stereocenters. The van der Waals surface area contributed by atoms with Crippen molar-refractivity contribution in [3.05, 3.63) is 95.1 Å². The van der Waals surface area contributed by atoms with E-state index < -0.39 is 10.0 Å². The van der Waals surface area contributed by atoms with E-state index in [2.05, 4.69) is 17.0 Å². The first-order valence-corrected chi connectivity index (χ1v) is 11.3. The molecule has 3 rings (SSSR count). The molecular formula is C24H26N2O3S. The maximum absolute atomic E-state index is 12.6. The number of amides is 1. The van der Waals surface area contributed by atoms with Gasteiger partial charge in [0.25, 0.3) is 15.9 Å². The molecule has 2 N–H and O–H groups in total. The number of carbonyl (C=O) groups is 1. The highest BCUT2D eigenvalue weighted by Crippen LogP contribution is 2.21. The summed E-state index contributed by atoms with van der Waals surface area (Å²) in [6.45, 7) is 6.25. The fourth-order valence-corrected chi connectivity index (χ4v) is 4.22. The van der Waals surface area contributed by atoms with Gasteiger partial charge in [0.2, 0.25) is 0 Å². The van der Waals surface area contributed by atoms with Crippen LogP contribution in [0.25, 0.3) is 0 Å². The van der Waals surface area contributed by atoms with Crippen LogP contribution in [0.3, 0.4) is 0 Å². The van der Waals surface area contributed by atoms with Crippen LogP contribution in [0.5, 0.6) is 0 Å². The highest BCUT2D eigenvalue weighted by molar-refractivity contribution is 7.92. The Labute approximate surface area is 178 Å². The third-order valence-corrected chi connectivity index (χ3v) is 6.38. The van der Waals surface area contributed by atoms with Gasteiger partial charge in [-0.05, 0) is 61.2 Å². The zero-order chi connectivity index (χ0) is 21.7. The lowest BCUT2D eigenvalue weighted by molar-refractivity contribution is 0.0951. The minimum atomic E-state index is -3.69. The fraction of sp³-hybridized carbons (Fsp3) is 0.208. The van der Waals surface area contributed by atoms with E-state index in [0.717, 1.165) is 11.1 Å². The number of benzene rings is 3. The SMILES string of the molecule is Cc1ccc(S(=O)(=O)Nc2ccc(C(=O)NC[C@H](C)c3ccccc3)cc2C)cc1. The van der Waals surface area contributed by atoms with Crippen molar-refractivity contribution in [1.82, 2.24) is 5.32 Å². The largest absolute Gasteiger partial charge is 0.351 e. The van der Waals surface area contributed by atoms with Gasteiger partial charge in [-0.3, -0.25) is 9.52 Å². The van der Waals surface area contributed by atoms with Gasteiger partial charge < -0.3 is 5.32 Å². The van der Waals surface area contributed by atoms with E-state index in [1.807, 2.05) is 37.3 Å². The van der Waals surface area contributed by atoms with Crippen LogP contribution in [0.1, 0.15) is 39.9 Å². The average molecular weight is 423 g/mol. The average Bonchev–Trinajstić information content (AvgIpc) is 2.74. The van der Waals surface area contributed by atoms with Gasteiger partial charge in [0.1, 0.15) is 0 Å². The summed E-state index contributed by atoms with van der Waals surface area (Å²) in [6, 6.07) is 21.6. The molecule has 1 amide bonds. The second-order valence-electron chi connectivity index (χ2n) is 7.47. The van der Waals surface area contributed by atoms with E-state index in [-0.39, 0.29) is 16.7 Å². The van der Waals surface area contributed by atoms with E-state index in [9.17, 15) is 13.2 Å². The van der Waals surface area contributed by atoms with Crippen molar-refractivity contribution in [3.63, 3.8) is 0 Å². The fourth-order valence-electron chi connectivity index (χ4n) is 3.09. The maximum atomic E-state index is 12.6. The van der Waals surface area contributed by atoms with Crippen LogP contribution in [0.2, 0.25) is 0 Å². The number of carbonyl (C=O) groups excluding carboxylic acids is 1. The molecule has 5 nitrogen and oxygen atoms in total. The molecule has 0 saturated heterocycles. The number of hydrogen-bond donors (Lipinski definition) is 2. The van der Waals surface area contributed by atoms with Crippen LogP contribution in [0.4, 0.5) is 5.69 Å². The number of hydrogen-bond acceptors (Lipinski definition) is 3. The molecule has 0 saturated carbocycles. The van der Waals surface area contributed by atoms with Crippen molar-refractivity contribution in [2.24, 2.45) is 0 Å². The molecule has 156 valence electrons. The Morgan fingerprint density at radius 3 is 2.23 bits per heavy atom. The van der Waals surface area contributed by atoms with Crippen molar-refractivity contribution < 1.29 is 13.2 Å². The molecule has 0 heterocycles. The number of aryl methyl sites for hydroxylation is 2. The zero-order valence-corrected chi connectivity index (χ0v) is 18.2. The first-order valence-electron chi connectivity index (χ1n) is 9.79. The van der Waals surface area contributed by atoms with Crippen LogP contribution in [-0.4, -0.2) is 20.9 Å². The summed E-state index contributed by atoms with van der Waals surface area (Å²) in [7, 11) is -3.69. The lowest BCUT2D eigenvalue weighted by atomic mass is 10.0. The number of nitrogens with one attached hydrogen (secondary N) is 2. The van der Waals surface area contributed by atoms with Crippen molar-refractivity contribution in [3.8, 4) is 0 Å². The van der Waals surface area contributed by atoms with Crippen molar-refractivity contribution >= 4 is 21.6 Å². The highest BCUT2D eigenvalue weighted by atomic mass is 32.2. The van der Waals surface area contributed by atoms with Gasteiger partial charge in [-0.2, -0.15) is 0 Å². The molecule has 0 aromatic heterocycles. The van der Waals surface area contributed by atoms with Gasteiger partial charge in [0.15, 0.2) is 0 Å². The molecular weight excluding hydrogens is 396 g/mol. The third kappa shape index (κ3) is 5.27. The molecule has 0 aliphatic heterocycles. The van der Waals surface area contributed by atoms with Crippen molar-refractivity contribution in [2.75, 3.05) is 11.3 Å². The van der Waals surface area contributed by atoms with Gasteiger partial charge in [0.05, 0.1) is 10.6 Å². The molecule has 1 atom stereocenters. The lowest BCUT2D eigenvalue weighted by Crippen LogP contribution is -2.27. The molecule has 6 heteroatoms. The molecule has 0 aliphatic carbocycles. The van der Waals surface area contributed by atoms with Crippen LogP contribution < -0.4 is 10.0 Å². The summed E-state index contributed by atoms with van der Waals surface area (Å²) >= 11 is 0. The second kappa shape index (κ2) is 9.13. The Morgan fingerprint density at radius 2 is 1.60 bits per heavy atom. The predicted octanol–water partition coefficient (Wildman–Crippen LogP) is 4.64. The Morgan fingerprint density at radius 1 is 0.933 bits per heavy atom. The minimum Gasteiger partial charge on any atom is -0.351 e. The molecule has 0 radical (unpaired) electrons. The monoisotopic (exact) mass is 422 g/mol. The summed E-state index contributed by atoms with van der Waals surface area (Å²) in [4.78, 5) is 12.7. The third-order valence-electron chi connectivity index (χ3n) is 5.00. The minimum absolute atomic E-state index is 0.186. The number of anilines is 1. The van der Waals surface area contributed by atoms with Gasteiger partial charge in [-0.1, -0.05) is 55.0 Å². The molecule has 3 aromatic carbocycles. The van der Waals surface area contributed by atoms with Gasteiger partial charge in [0, 0.05) is 12.1 Å². The van der Waals surface area contributed by atoms with Crippen LogP contribution in [-0.2, 0) is 10.0 Å². The van der Waals surface area contributed by atoms with Gasteiger partial charge in [-0.15, -0.1) is 0 Å². The van der Waals surface area contributed by atoms with E-state index in [4.69, 9.17) is 0 Å². The molecule has 0 aliphatic rings. The first-order chi connectivity index (χ1) is 14.3. The first kappa shape index (κ1) is 21.6. The Hall–Kier alpha value is -3.12. The van der Waals surface area contributed by atoms with E-state index in [1.54, 1.807) is 49.4 Å². The smallest absolute Gasteiger partial charge is 0.261 e. The van der Waals surface area contributed by atoms with E-state index in [1.165, 1.54) is 0 Å². The summed E-state index contributed by atoms with van der Waals surface area (Å²) in [5.41, 5.74) is 3.77. The molecule has 0 fully saturated rings. The van der Waals surface area contributed by atoms with E-state index in [0.29, 0.717) is 23.4 Å². The normalized spacial score (nSPS) is 12.2. The van der Waals surface area contributed by atoms with Crippen molar-refractivity contribution in [2.45, 2.75) is 31.6 Å². The highest BCUT2D eigenvalue weighted by Gasteiger charge is 2.16. The molecule has 30 heavy (non-hydrogen) atoms. The van der Waals surface area contributed by atoms with Gasteiger partial charge >= 0.3 is 0 Å². The van der Waals surface area contributed by atoms with Gasteiger partial charge in [-0.25, -0.2) is 8.42 Å². The van der Waals surface area contributed by atoms with E-state index >= 15 is 0 Å². The Balaban J connectivity index is 1.67. The molecule has 0 bridgehead atoms. The summed E-state index contributed by atoms with van der Waals surface area (Å²) in [5.74, 6) is 0.00524. The second-order valence-corrected chi connectivity index (χ2v) is 9.15. The lowest BCUT2D eigenvalue weighted by Gasteiger charge is -2.14. The Kier molecular flexibility index (Phi) is 6.57. The van der Waals surface area contributed by atoms with Crippen LogP contribution in [0, 0.1) is 13.8 Å². The quantitative estimate of drug-likeness (QED) is 0.583. The standard InChI is InChI=1S/C24H26N2O3S/c1-17-9-12-22(13-10-17)30(28,29)26-23-14-11-21(15-18(23)2)24(27)25-16-19(3)20-7-5-4-6-8-20/h4-15,19,26H,16H2,1-3H3,(H,25,27)/t19-/m0/s1. The number of rotatable bonds is 7. The van der Waals surface area contributed by atoms with Crippen LogP contribution in [0.15, 0.2) is 77.7 Å². The molecule has 3 aromatic rings. The van der Waals surface area contributed by atoms with Crippen molar-refractivity contribution in [1.29, 1.82) is 0 Å². The maximum Gasteiger partial charge on any atom is 0.261 e. The topological polar surface area (TPSA) is 75.3 Å². The number of sulfonamides is 1.